The van der Waals surface area contributed by atoms with Crippen molar-refractivity contribution in [1.82, 2.24) is 16.0 Å². The van der Waals surface area contributed by atoms with Gasteiger partial charge in [0, 0.05) is 13.6 Å². The van der Waals surface area contributed by atoms with Crippen molar-refractivity contribution in [3.63, 3.8) is 0 Å². The second kappa shape index (κ2) is 5.74. The van der Waals surface area contributed by atoms with Crippen LogP contribution in [-0.4, -0.2) is 38.3 Å². The predicted octanol–water partition coefficient (Wildman–Crippen LogP) is 0.620. The molecule has 0 aromatic heterocycles. The van der Waals surface area contributed by atoms with Crippen LogP contribution in [0, 0.1) is 5.41 Å². The average molecular weight is 255 g/mol. The Labute approximate surface area is 97.1 Å². The average Bonchev–Trinajstić information content (AvgIpc) is 2.21. The number of amides is 3. The molecule has 100 valence electrons. The van der Waals surface area contributed by atoms with Gasteiger partial charge in [-0.05, 0) is 13.8 Å². The van der Waals surface area contributed by atoms with Gasteiger partial charge in [-0.25, -0.2) is 4.79 Å². The normalized spacial score (nSPS) is 11.9. The first-order chi connectivity index (χ1) is 7.58. The van der Waals surface area contributed by atoms with Crippen LogP contribution in [0.1, 0.15) is 13.8 Å². The van der Waals surface area contributed by atoms with Crippen LogP contribution in [-0.2, 0) is 4.79 Å². The molecule has 0 aromatic rings. The number of nitrogens with one attached hydrogen (secondary N) is 3. The van der Waals surface area contributed by atoms with E-state index in [-0.39, 0.29) is 12.5 Å². The lowest BCUT2D eigenvalue weighted by molar-refractivity contribution is -0.128. The van der Waals surface area contributed by atoms with Gasteiger partial charge in [0.2, 0.25) is 5.91 Å². The molecular weight excluding hydrogens is 239 g/mol. The zero-order valence-electron chi connectivity index (χ0n) is 9.86. The number of carbonyl (C=O) groups excluding carboxylic acids is 2. The molecule has 5 nitrogen and oxygen atoms in total. The maximum absolute atomic E-state index is 11.8. The van der Waals surface area contributed by atoms with E-state index in [1.54, 1.807) is 19.2 Å². The molecule has 0 rings (SSSR count). The molecule has 0 unspecified atom stereocenters. The molecular formula is C9H16F3N3O2. The molecule has 0 aliphatic carbocycles. The number of hydrogen-bond donors (Lipinski definition) is 3. The van der Waals surface area contributed by atoms with Crippen LogP contribution in [0.25, 0.3) is 0 Å². The molecule has 0 heterocycles. The quantitative estimate of drug-likeness (QED) is 0.689. The number of halogens is 3. The Morgan fingerprint density at radius 1 is 1.06 bits per heavy atom. The zero-order chi connectivity index (χ0) is 13.7. The van der Waals surface area contributed by atoms with Crippen LogP contribution >= 0.6 is 0 Å². The summed E-state index contributed by atoms with van der Waals surface area (Å²) in [5.74, 6) is -0.311. The van der Waals surface area contributed by atoms with Gasteiger partial charge in [-0.15, -0.1) is 0 Å². The molecule has 0 saturated carbocycles. The minimum absolute atomic E-state index is 0.0592. The molecule has 3 N–H and O–H groups in total. The highest BCUT2D eigenvalue weighted by Gasteiger charge is 2.29. The van der Waals surface area contributed by atoms with Gasteiger partial charge in [0.25, 0.3) is 0 Å². The Hall–Kier alpha value is -1.47. The SMILES string of the molecule is CNC(=O)C(C)(C)CNC(=O)NCC(F)(F)F. The lowest BCUT2D eigenvalue weighted by Gasteiger charge is -2.22. The van der Waals surface area contributed by atoms with Crippen molar-refractivity contribution in [2.75, 3.05) is 20.1 Å². The second-order valence-electron chi connectivity index (χ2n) is 4.11. The Morgan fingerprint density at radius 3 is 1.94 bits per heavy atom. The smallest absolute Gasteiger partial charge is 0.359 e. The van der Waals surface area contributed by atoms with E-state index >= 15 is 0 Å². The molecule has 0 spiro atoms. The van der Waals surface area contributed by atoms with Gasteiger partial charge >= 0.3 is 12.2 Å². The Balaban J connectivity index is 4.04. The van der Waals surface area contributed by atoms with E-state index in [0.717, 1.165) is 0 Å². The van der Waals surface area contributed by atoms with Gasteiger partial charge in [-0.3, -0.25) is 4.79 Å². The lowest BCUT2D eigenvalue weighted by atomic mass is 9.92. The summed E-state index contributed by atoms with van der Waals surface area (Å²) in [6, 6.07) is -0.959. The van der Waals surface area contributed by atoms with Crippen molar-refractivity contribution >= 4 is 11.9 Å². The highest BCUT2D eigenvalue weighted by molar-refractivity contribution is 5.82. The van der Waals surface area contributed by atoms with Crippen molar-refractivity contribution in [3.8, 4) is 0 Å². The topological polar surface area (TPSA) is 70.2 Å². The van der Waals surface area contributed by atoms with Crippen LogP contribution in [0.3, 0.4) is 0 Å². The van der Waals surface area contributed by atoms with Crippen molar-refractivity contribution in [2.45, 2.75) is 20.0 Å². The van der Waals surface area contributed by atoms with E-state index < -0.39 is 24.2 Å². The molecule has 0 radical (unpaired) electrons. The van der Waals surface area contributed by atoms with Crippen LogP contribution in [0.5, 0.6) is 0 Å². The van der Waals surface area contributed by atoms with Crippen molar-refractivity contribution in [1.29, 1.82) is 0 Å². The number of hydrogen-bond acceptors (Lipinski definition) is 2. The molecule has 0 saturated heterocycles. The van der Waals surface area contributed by atoms with Gasteiger partial charge in [0.15, 0.2) is 0 Å². The summed E-state index contributed by atoms with van der Waals surface area (Å²) in [5, 5.41) is 6.24. The van der Waals surface area contributed by atoms with Crippen LogP contribution < -0.4 is 16.0 Å². The fourth-order valence-corrected chi connectivity index (χ4v) is 0.963. The van der Waals surface area contributed by atoms with Gasteiger partial charge < -0.3 is 16.0 Å². The molecule has 3 amide bonds. The standard InChI is InChI=1S/C9H16F3N3O2/c1-8(2,6(16)13-3)4-14-7(17)15-5-9(10,11)12/h4-5H2,1-3H3,(H,13,16)(H2,14,15,17). The number of rotatable bonds is 4. The fourth-order valence-electron chi connectivity index (χ4n) is 0.963. The molecule has 0 aromatic carbocycles. The first-order valence-electron chi connectivity index (χ1n) is 4.89. The number of carbonyl (C=O) groups is 2. The van der Waals surface area contributed by atoms with Crippen molar-refractivity contribution < 1.29 is 22.8 Å². The minimum Gasteiger partial charge on any atom is -0.359 e. The third kappa shape index (κ3) is 6.64. The van der Waals surface area contributed by atoms with E-state index in [0.29, 0.717) is 0 Å². The third-order valence-corrected chi connectivity index (χ3v) is 1.98. The summed E-state index contributed by atoms with van der Waals surface area (Å²) in [4.78, 5) is 22.3. The molecule has 0 aliphatic rings. The van der Waals surface area contributed by atoms with E-state index in [1.165, 1.54) is 7.05 Å². The Morgan fingerprint density at radius 2 is 1.53 bits per heavy atom. The first kappa shape index (κ1) is 15.5. The number of urea groups is 1. The van der Waals surface area contributed by atoms with Crippen molar-refractivity contribution in [2.24, 2.45) is 5.41 Å². The molecule has 17 heavy (non-hydrogen) atoms. The minimum atomic E-state index is -4.45. The van der Waals surface area contributed by atoms with E-state index in [1.807, 2.05) is 0 Å². The van der Waals surface area contributed by atoms with Crippen LogP contribution in [0.15, 0.2) is 0 Å². The second-order valence-corrected chi connectivity index (χ2v) is 4.11. The summed E-state index contributed by atoms with van der Waals surface area (Å²) in [7, 11) is 1.44. The summed E-state index contributed by atoms with van der Waals surface area (Å²) in [5.41, 5.74) is -0.885. The monoisotopic (exact) mass is 255 g/mol. The summed E-state index contributed by atoms with van der Waals surface area (Å²) >= 11 is 0. The Kier molecular flexibility index (Phi) is 5.24. The van der Waals surface area contributed by atoms with Gasteiger partial charge in [0.05, 0.1) is 5.41 Å². The van der Waals surface area contributed by atoms with E-state index in [2.05, 4.69) is 10.6 Å². The van der Waals surface area contributed by atoms with Crippen LogP contribution in [0.4, 0.5) is 18.0 Å². The summed E-state index contributed by atoms with van der Waals surface area (Å²) in [6.45, 7) is 1.67. The van der Waals surface area contributed by atoms with Crippen LogP contribution in [0.2, 0.25) is 0 Å². The van der Waals surface area contributed by atoms with E-state index in [9.17, 15) is 22.8 Å². The lowest BCUT2D eigenvalue weighted by Crippen LogP contribution is -2.47. The maximum atomic E-state index is 11.8. The molecule has 8 heteroatoms. The number of alkyl halides is 3. The molecule has 0 aliphatic heterocycles. The molecule has 0 bridgehead atoms. The third-order valence-electron chi connectivity index (χ3n) is 1.98. The van der Waals surface area contributed by atoms with Gasteiger partial charge in [0.1, 0.15) is 6.54 Å². The van der Waals surface area contributed by atoms with E-state index in [4.69, 9.17) is 0 Å². The zero-order valence-corrected chi connectivity index (χ0v) is 9.86. The molecule has 0 atom stereocenters. The first-order valence-corrected chi connectivity index (χ1v) is 4.89. The van der Waals surface area contributed by atoms with Gasteiger partial charge in [-0.1, -0.05) is 0 Å². The fraction of sp³-hybridized carbons (Fsp3) is 0.778. The summed E-state index contributed by atoms with van der Waals surface area (Å²) < 4.78 is 35.3. The maximum Gasteiger partial charge on any atom is 0.405 e. The highest BCUT2D eigenvalue weighted by Crippen LogP contribution is 2.13. The van der Waals surface area contributed by atoms with Crippen molar-refractivity contribution in [3.05, 3.63) is 0 Å². The Bertz CT molecular complexity index is 290. The summed E-state index contributed by atoms with van der Waals surface area (Å²) in [6.07, 6.45) is -4.45. The van der Waals surface area contributed by atoms with Gasteiger partial charge in [-0.2, -0.15) is 13.2 Å². The highest BCUT2D eigenvalue weighted by atomic mass is 19.4. The molecule has 0 fully saturated rings. The predicted molar refractivity (Wildman–Crippen MR) is 55.3 cm³/mol. The largest absolute Gasteiger partial charge is 0.405 e.